The molecule has 9 rings (SSSR count). The molecule has 2 aromatic carbocycles. The number of likely N-dealkylation sites (N-methyl/N-ethyl adjacent to an activating group) is 1. The molecule has 4 saturated heterocycles. The zero-order chi connectivity index (χ0) is 41.8. The molecule has 8 amide bonds. The van der Waals surface area contributed by atoms with Gasteiger partial charge in [0.15, 0.2) is 11.5 Å². The van der Waals surface area contributed by atoms with Crippen LogP contribution in [0.4, 0.5) is 22.1 Å². The number of piperidine rings is 3. The lowest BCUT2D eigenvalue weighted by Gasteiger charge is -2.37. The SMILES string of the molecule is CN1CCN([C@@H]2CCCN(c3cnc(C(N)=O)c(Nc4ccc(C5CCN(C(=O)CN6Cc7cc8c(cc7C6)C(=O)N(C6CCC(=O)NC6=O)C8=O)CC5)cc4)n3)C2)C1=O. The Morgan fingerprint density at radius 2 is 1.58 bits per heavy atom. The minimum Gasteiger partial charge on any atom is -0.364 e. The van der Waals surface area contributed by atoms with Crippen LogP contribution < -0.4 is 21.3 Å². The monoisotopic (exact) mass is 817 g/mol. The average Bonchev–Trinajstić information content (AvgIpc) is 3.88. The van der Waals surface area contributed by atoms with E-state index in [-0.39, 0.29) is 65.9 Å². The van der Waals surface area contributed by atoms with E-state index in [4.69, 9.17) is 10.7 Å². The number of nitrogens with zero attached hydrogens (tertiary/aromatic N) is 8. The highest BCUT2D eigenvalue weighted by atomic mass is 16.2. The predicted octanol–water partition coefficient (Wildman–Crippen LogP) is 1.78. The first-order valence-electron chi connectivity index (χ1n) is 20.6. The number of hydrogen-bond acceptors (Lipinski definition) is 12. The van der Waals surface area contributed by atoms with Crippen LogP contribution in [0.3, 0.4) is 0 Å². The molecule has 2 atom stereocenters. The molecule has 7 heterocycles. The van der Waals surface area contributed by atoms with Crippen molar-refractivity contribution in [2.45, 2.75) is 69.6 Å². The Bertz CT molecular complexity index is 2270. The second-order valence-corrected chi connectivity index (χ2v) is 16.6. The topological polar surface area (TPSA) is 215 Å². The molecule has 1 unspecified atom stereocenters. The number of rotatable bonds is 9. The maximum atomic E-state index is 13.5. The first-order chi connectivity index (χ1) is 28.9. The van der Waals surface area contributed by atoms with Crippen LogP contribution in [0.2, 0.25) is 0 Å². The summed E-state index contributed by atoms with van der Waals surface area (Å²) in [5.41, 5.74) is 9.83. The molecule has 0 aliphatic carbocycles. The largest absolute Gasteiger partial charge is 0.364 e. The van der Waals surface area contributed by atoms with Crippen molar-refractivity contribution in [3.05, 3.63) is 76.1 Å². The molecule has 312 valence electrons. The van der Waals surface area contributed by atoms with Gasteiger partial charge in [0, 0.05) is 71.5 Å². The Morgan fingerprint density at radius 1 is 0.883 bits per heavy atom. The molecule has 1 aromatic heterocycles. The number of nitrogens with one attached hydrogen (secondary N) is 2. The van der Waals surface area contributed by atoms with E-state index < -0.39 is 35.6 Å². The zero-order valence-corrected chi connectivity index (χ0v) is 33.4. The summed E-state index contributed by atoms with van der Waals surface area (Å²) >= 11 is 0. The summed E-state index contributed by atoms with van der Waals surface area (Å²) in [5, 5.41) is 5.47. The van der Waals surface area contributed by atoms with Crippen molar-refractivity contribution < 1.29 is 33.6 Å². The molecule has 6 aliphatic rings. The Kier molecular flexibility index (Phi) is 10.2. The molecule has 0 radical (unpaired) electrons. The molecule has 6 aliphatic heterocycles. The van der Waals surface area contributed by atoms with E-state index in [1.807, 2.05) is 46.0 Å². The van der Waals surface area contributed by atoms with Gasteiger partial charge in [-0.15, -0.1) is 0 Å². The summed E-state index contributed by atoms with van der Waals surface area (Å²) in [5.74, 6) is -1.68. The van der Waals surface area contributed by atoms with Gasteiger partial charge in [-0.05, 0) is 79.0 Å². The summed E-state index contributed by atoms with van der Waals surface area (Å²) < 4.78 is 0. The molecule has 0 saturated carbocycles. The van der Waals surface area contributed by atoms with Gasteiger partial charge in [-0.3, -0.25) is 43.9 Å². The molecule has 0 bridgehead atoms. The Morgan fingerprint density at radius 3 is 2.22 bits per heavy atom. The molecule has 18 heteroatoms. The van der Waals surface area contributed by atoms with Gasteiger partial charge >= 0.3 is 6.03 Å². The summed E-state index contributed by atoms with van der Waals surface area (Å²) in [6, 6.07) is 10.5. The van der Waals surface area contributed by atoms with Crippen LogP contribution in [0.5, 0.6) is 0 Å². The molecule has 60 heavy (non-hydrogen) atoms. The molecule has 0 spiro atoms. The molecule has 18 nitrogen and oxygen atoms in total. The fraction of sp³-hybridized carbons (Fsp3) is 0.452. The van der Waals surface area contributed by atoms with Gasteiger partial charge in [0.05, 0.1) is 29.9 Å². The van der Waals surface area contributed by atoms with E-state index in [0.29, 0.717) is 51.6 Å². The number of carbonyl (C=O) groups is 7. The molecular weight excluding hydrogens is 771 g/mol. The normalized spacial score (nSPS) is 22.4. The van der Waals surface area contributed by atoms with Crippen LogP contribution >= 0.6 is 0 Å². The Labute approximate surface area is 346 Å². The summed E-state index contributed by atoms with van der Waals surface area (Å²) in [7, 11) is 1.82. The number of amides is 8. The standard InChI is InChI=1S/C42H47N11O7/c1-48-15-16-52(42(48)60)29-3-2-12-51(22-29)33-19-44-36(37(43)56)38(46-33)45-28-6-4-24(5-7-28)25-10-13-50(14-11-25)35(55)23-49-20-26-17-30-31(18-27(26)21-49)41(59)53(40(30)58)32-8-9-34(54)47-39(32)57/h4-7,17-19,25,29,32H,2-3,8-16,20-23H2,1H3,(H2,43,56)(H,45,46)(H,47,54,57)/t29-,32?/m1/s1. The number of likely N-dealkylation sites (tertiary alicyclic amines) is 1. The number of anilines is 3. The highest BCUT2D eigenvalue weighted by Gasteiger charge is 2.45. The molecule has 4 fully saturated rings. The zero-order valence-electron chi connectivity index (χ0n) is 33.4. The van der Waals surface area contributed by atoms with Crippen LogP contribution in [0, 0.1) is 0 Å². The quantitative estimate of drug-likeness (QED) is 0.264. The summed E-state index contributed by atoms with van der Waals surface area (Å²) in [6.07, 6.45) is 5.14. The molecule has 3 aromatic rings. The van der Waals surface area contributed by atoms with Gasteiger partial charge in [0.25, 0.3) is 17.7 Å². The molecular formula is C42H47N11O7. The Balaban J connectivity index is 0.779. The number of imide groups is 2. The number of aromatic nitrogens is 2. The van der Waals surface area contributed by atoms with Crippen molar-refractivity contribution in [2.75, 3.05) is 63.1 Å². The third kappa shape index (κ3) is 7.28. The number of fused-ring (bicyclic) bond motifs is 2. The number of carbonyl (C=O) groups excluding carboxylic acids is 7. The number of primary amides is 1. The summed E-state index contributed by atoms with van der Waals surface area (Å²) in [4.78, 5) is 109. The summed E-state index contributed by atoms with van der Waals surface area (Å²) in [6.45, 7) is 5.14. The molecule has 4 N–H and O–H groups in total. The van der Waals surface area contributed by atoms with E-state index in [1.165, 1.54) is 0 Å². The van der Waals surface area contributed by atoms with Crippen molar-refractivity contribution in [3.8, 4) is 0 Å². The first kappa shape index (κ1) is 39.1. The van der Waals surface area contributed by atoms with Crippen LogP contribution in [0.25, 0.3) is 0 Å². The van der Waals surface area contributed by atoms with Gasteiger partial charge in [-0.25, -0.2) is 14.8 Å². The van der Waals surface area contributed by atoms with Gasteiger partial charge in [-0.2, -0.15) is 0 Å². The van der Waals surface area contributed by atoms with Gasteiger partial charge in [-0.1, -0.05) is 12.1 Å². The lowest BCUT2D eigenvalue weighted by molar-refractivity contribution is -0.136. The number of benzene rings is 2. The fourth-order valence-electron chi connectivity index (χ4n) is 9.50. The maximum absolute atomic E-state index is 13.5. The lowest BCUT2D eigenvalue weighted by atomic mass is 9.89. The highest BCUT2D eigenvalue weighted by molar-refractivity contribution is 6.23. The second-order valence-electron chi connectivity index (χ2n) is 16.6. The lowest BCUT2D eigenvalue weighted by Crippen LogP contribution is -2.54. The minimum atomic E-state index is -1.01. The van der Waals surface area contributed by atoms with Gasteiger partial charge in [0.2, 0.25) is 17.7 Å². The smallest absolute Gasteiger partial charge is 0.320 e. The van der Waals surface area contributed by atoms with Crippen molar-refractivity contribution in [1.29, 1.82) is 0 Å². The van der Waals surface area contributed by atoms with Crippen molar-refractivity contribution in [3.63, 3.8) is 0 Å². The van der Waals surface area contributed by atoms with Crippen LogP contribution in [-0.2, 0) is 27.5 Å². The van der Waals surface area contributed by atoms with Gasteiger partial charge < -0.3 is 30.7 Å². The predicted molar refractivity (Wildman–Crippen MR) is 216 cm³/mol. The fourth-order valence-corrected chi connectivity index (χ4v) is 9.50. The number of hydrogen-bond donors (Lipinski definition) is 3. The Hall–Kier alpha value is -6.43. The second kappa shape index (κ2) is 15.6. The van der Waals surface area contributed by atoms with Gasteiger partial charge in [0.1, 0.15) is 11.9 Å². The van der Waals surface area contributed by atoms with E-state index in [1.54, 1.807) is 23.2 Å². The number of nitrogens with two attached hydrogens (primary N) is 1. The van der Waals surface area contributed by atoms with Crippen LogP contribution in [0.15, 0.2) is 42.6 Å². The third-order valence-corrected chi connectivity index (χ3v) is 12.8. The maximum Gasteiger partial charge on any atom is 0.320 e. The van der Waals surface area contributed by atoms with Crippen molar-refractivity contribution in [1.82, 2.24) is 39.8 Å². The van der Waals surface area contributed by atoms with Crippen LogP contribution in [-0.4, -0.2) is 141 Å². The van der Waals surface area contributed by atoms with Crippen LogP contribution in [0.1, 0.15) is 92.3 Å². The van der Waals surface area contributed by atoms with E-state index >= 15 is 0 Å². The average molecular weight is 818 g/mol. The van der Waals surface area contributed by atoms with E-state index in [9.17, 15) is 33.6 Å². The van der Waals surface area contributed by atoms with Crippen molar-refractivity contribution >= 4 is 58.8 Å². The number of urea groups is 1. The minimum absolute atomic E-state index is 0.0235. The van der Waals surface area contributed by atoms with Crippen molar-refractivity contribution in [2.24, 2.45) is 5.73 Å². The van der Waals surface area contributed by atoms with E-state index in [2.05, 4.69) is 20.5 Å². The highest BCUT2D eigenvalue weighted by Crippen LogP contribution is 2.35. The first-order valence-corrected chi connectivity index (χ1v) is 20.6. The van der Waals surface area contributed by atoms with E-state index in [0.717, 1.165) is 59.5 Å². The third-order valence-electron chi connectivity index (χ3n) is 12.8.